The number of rotatable bonds is 13. The van der Waals surface area contributed by atoms with Crippen LogP contribution in [0.25, 0.3) is 0 Å². The molecule has 0 heterocycles. The first-order chi connectivity index (χ1) is 13.3. The van der Waals surface area contributed by atoms with Crippen LogP contribution in [0.2, 0.25) is 0 Å². The highest BCUT2D eigenvalue weighted by molar-refractivity contribution is 7.86. The molecule has 0 bridgehead atoms. The Morgan fingerprint density at radius 2 is 1.57 bits per heavy atom. The molecule has 0 unspecified atom stereocenters. The van der Waals surface area contributed by atoms with Crippen LogP contribution in [0, 0.1) is 0 Å². The number of unbranched alkanes of at least 4 members (excludes halogenated alkanes) is 6. The molecule has 0 atom stereocenters. The molecule has 0 fully saturated rings. The van der Waals surface area contributed by atoms with Crippen LogP contribution in [-0.4, -0.2) is 24.8 Å². The summed E-state index contributed by atoms with van der Waals surface area (Å²) >= 11 is 0. The monoisotopic (exact) mass is 413 g/mol. The number of carbonyl (C=O) groups excluding carboxylic acids is 2. The number of hydrogen-bond donors (Lipinski definition) is 2. The summed E-state index contributed by atoms with van der Waals surface area (Å²) in [5, 5.41) is 2.50. The Morgan fingerprint density at radius 3 is 2.21 bits per heavy atom. The van der Waals surface area contributed by atoms with Gasteiger partial charge in [0.2, 0.25) is 5.91 Å². The third-order valence-electron chi connectivity index (χ3n) is 4.23. The molecule has 0 aromatic heterocycles. The molecule has 28 heavy (non-hydrogen) atoms. The van der Waals surface area contributed by atoms with E-state index < -0.39 is 21.0 Å². The summed E-state index contributed by atoms with van der Waals surface area (Å²) in [4.78, 5) is 23.5. The molecule has 1 aromatic carbocycles. The molecule has 1 aromatic rings. The van der Waals surface area contributed by atoms with E-state index in [-0.39, 0.29) is 30.2 Å². The lowest BCUT2D eigenvalue weighted by atomic mass is 10.1. The molecule has 1 rings (SSSR count). The van der Waals surface area contributed by atoms with Crippen LogP contribution in [0.1, 0.15) is 78.1 Å². The van der Waals surface area contributed by atoms with Gasteiger partial charge in [-0.05, 0) is 25.0 Å². The molecule has 0 saturated heterocycles. The minimum Gasteiger partial charge on any atom is -0.425 e. The predicted molar refractivity (Wildman–Crippen MR) is 108 cm³/mol. The van der Waals surface area contributed by atoms with Crippen LogP contribution >= 0.6 is 0 Å². The number of ether oxygens (including phenoxy) is 1. The fourth-order valence-corrected chi connectivity index (χ4v) is 3.52. The summed E-state index contributed by atoms with van der Waals surface area (Å²) in [5.74, 6) is -1.23. The van der Waals surface area contributed by atoms with Crippen molar-refractivity contribution in [2.75, 3.05) is 5.32 Å². The first kappa shape index (κ1) is 24.1. The molecule has 0 radical (unpaired) electrons. The van der Waals surface area contributed by atoms with Crippen molar-refractivity contribution in [3.63, 3.8) is 0 Å². The van der Waals surface area contributed by atoms with Crippen molar-refractivity contribution in [3.8, 4) is 5.75 Å². The van der Waals surface area contributed by atoms with Gasteiger partial charge in [-0.2, -0.15) is 8.42 Å². The molecular weight excluding hydrogens is 382 g/mol. The second-order valence-corrected chi connectivity index (χ2v) is 8.11. The van der Waals surface area contributed by atoms with Gasteiger partial charge in [-0.1, -0.05) is 58.4 Å². The lowest BCUT2D eigenvalue weighted by Gasteiger charge is -2.13. The Balaban J connectivity index is 2.86. The Bertz CT molecular complexity index is 745. The Hall–Kier alpha value is -1.93. The first-order valence-corrected chi connectivity index (χ1v) is 11.3. The van der Waals surface area contributed by atoms with Gasteiger partial charge in [-0.3, -0.25) is 14.1 Å². The van der Waals surface area contributed by atoms with Gasteiger partial charge < -0.3 is 10.1 Å². The summed E-state index contributed by atoms with van der Waals surface area (Å²) in [7, 11) is -4.70. The van der Waals surface area contributed by atoms with Gasteiger partial charge >= 0.3 is 5.97 Å². The largest absolute Gasteiger partial charge is 0.425 e. The van der Waals surface area contributed by atoms with Gasteiger partial charge in [-0.15, -0.1) is 0 Å². The molecule has 7 nitrogen and oxygen atoms in total. The summed E-state index contributed by atoms with van der Waals surface area (Å²) in [6.07, 6.45) is 7.68. The van der Waals surface area contributed by atoms with Crippen molar-refractivity contribution in [2.45, 2.75) is 83.0 Å². The van der Waals surface area contributed by atoms with Crippen molar-refractivity contribution in [1.82, 2.24) is 0 Å². The maximum absolute atomic E-state index is 12.1. The van der Waals surface area contributed by atoms with Gasteiger partial charge in [0.25, 0.3) is 10.1 Å². The van der Waals surface area contributed by atoms with Crippen molar-refractivity contribution in [2.24, 2.45) is 0 Å². The van der Waals surface area contributed by atoms with Gasteiger partial charge in [0.1, 0.15) is 0 Å². The molecule has 0 saturated carbocycles. The van der Waals surface area contributed by atoms with Crippen molar-refractivity contribution in [3.05, 3.63) is 18.2 Å². The molecule has 2 N–H and O–H groups in total. The Labute approximate surface area is 167 Å². The van der Waals surface area contributed by atoms with Crippen LogP contribution in [-0.2, 0) is 19.7 Å². The predicted octanol–water partition coefficient (Wildman–Crippen LogP) is 4.72. The average Bonchev–Trinajstić information content (AvgIpc) is 2.61. The molecule has 158 valence electrons. The molecule has 8 heteroatoms. The van der Waals surface area contributed by atoms with Gasteiger partial charge in [0, 0.05) is 12.8 Å². The SMILES string of the molecule is CCCCCCCC(=O)Nc1cccc(OC(=O)CCCCC)c1S(=O)(=O)O. The van der Waals surface area contributed by atoms with Crippen molar-refractivity contribution in [1.29, 1.82) is 0 Å². The molecule has 0 aliphatic carbocycles. The third kappa shape index (κ3) is 8.84. The smallest absolute Gasteiger partial charge is 0.311 e. The van der Waals surface area contributed by atoms with Crippen LogP contribution in [0.5, 0.6) is 5.75 Å². The molecule has 0 aliphatic rings. The van der Waals surface area contributed by atoms with Gasteiger partial charge in [0.05, 0.1) is 5.69 Å². The molecule has 1 amide bonds. The zero-order valence-corrected chi connectivity index (χ0v) is 17.5. The number of anilines is 1. The van der Waals surface area contributed by atoms with E-state index >= 15 is 0 Å². The maximum atomic E-state index is 12.1. The van der Waals surface area contributed by atoms with E-state index in [2.05, 4.69) is 12.2 Å². The minimum atomic E-state index is -4.70. The summed E-state index contributed by atoms with van der Waals surface area (Å²) in [6, 6.07) is 4.09. The highest BCUT2D eigenvalue weighted by atomic mass is 32.2. The minimum absolute atomic E-state index is 0.0973. The zero-order chi connectivity index (χ0) is 21.0. The first-order valence-electron chi connectivity index (χ1n) is 9.90. The van der Waals surface area contributed by atoms with E-state index in [1.807, 2.05) is 6.92 Å². The van der Waals surface area contributed by atoms with Crippen LogP contribution in [0.15, 0.2) is 23.1 Å². The maximum Gasteiger partial charge on any atom is 0.311 e. The topological polar surface area (TPSA) is 110 Å². The third-order valence-corrected chi connectivity index (χ3v) is 5.16. The number of benzene rings is 1. The average molecular weight is 414 g/mol. The summed E-state index contributed by atoms with van der Waals surface area (Å²) < 4.78 is 38.4. The number of hydrogen-bond acceptors (Lipinski definition) is 5. The van der Waals surface area contributed by atoms with E-state index in [9.17, 15) is 22.6 Å². The second-order valence-electron chi connectivity index (χ2n) is 6.75. The van der Waals surface area contributed by atoms with E-state index in [1.54, 1.807) is 0 Å². The van der Waals surface area contributed by atoms with Crippen LogP contribution in [0.4, 0.5) is 5.69 Å². The molecule has 0 aliphatic heterocycles. The Morgan fingerprint density at radius 1 is 0.964 bits per heavy atom. The normalized spacial score (nSPS) is 11.2. The second kappa shape index (κ2) is 12.5. The number of nitrogens with one attached hydrogen (secondary N) is 1. The van der Waals surface area contributed by atoms with Crippen LogP contribution < -0.4 is 10.1 Å². The van der Waals surface area contributed by atoms with Gasteiger partial charge in [-0.25, -0.2) is 0 Å². The van der Waals surface area contributed by atoms with Crippen molar-refractivity contribution >= 4 is 27.7 Å². The standard InChI is InChI=1S/C20H31NO6S/c1-3-5-7-8-10-14-18(22)21-16-12-11-13-17(20(16)28(24,25)26)27-19(23)15-9-6-4-2/h11-13H,3-10,14-15H2,1-2H3,(H,21,22)(H,24,25,26). The Kier molecular flexibility index (Phi) is 10.8. The number of amides is 1. The fourth-order valence-electron chi connectivity index (χ4n) is 2.76. The highest BCUT2D eigenvalue weighted by Crippen LogP contribution is 2.32. The summed E-state index contributed by atoms with van der Waals surface area (Å²) in [6.45, 7) is 4.10. The fraction of sp³-hybridized carbons (Fsp3) is 0.600. The summed E-state index contributed by atoms with van der Waals surface area (Å²) in [5.41, 5.74) is -0.0973. The lowest BCUT2D eigenvalue weighted by Crippen LogP contribution is -2.16. The van der Waals surface area contributed by atoms with Crippen molar-refractivity contribution < 1.29 is 27.3 Å². The van der Waals surface area contributed by atoms with Crippen LogP contribution in [0.3, 0.4) is 0 Å². The van der Waals surface area contributed by atoms with E-state index in [4.69, 9.17) is 4.74 Å². The highest BCUT2D eigenvalue weighted by Gasteiger charge is 2.24. The number of esters is 1. The quantitative estimate of drug-likeness (QED) is 0.210. The molecular formula is C20H31NO6S. The van der Waals surface area contributed by atoms with Gasteiger partial charge in [0.15, 0.2) is 10.6 Å². The van der Waals surface area contributed by atoms with E-state index in [0.717, 1.165) is 38.5 Å². The van der Waals surface area contributed by atoms with E-state index in [0.29, 0.717) is 12.8 Å². The molecule has 0 spiro atoms. The lowest BCUT2D eigenvalue weighted by molar-refractivity contribution is -0.134. The zero-order valence-electron chi connectivity index (χ0n) is 16.7. The van der Waals surface area contributed by atoms with E-state index in [1.165, 1.54) is 18.2 Å². The number of carbonyl (C=O) groups is 2.